The lowest BCUT2D eigenvalue weighted by atomic mass is 9.78. The number of nitrogens with zero attached hydrogens (tertiary/aromatic N) is 2. The Bertz CT molecular complexity index is 1620. The molecule has 0 bridgehead atoms. The van der Waals surface area contributed by atoms with E-state index in [2.05, 4.69) is 196 Å². The maximum atomic E-state index is 5.47. The van der Waals surface area contributed by atoms with Gasteiger partial charge in [0.1, 0.15) is 0 Å². The van der Waals surface area contributed by atoms with E-state index >= 15 is 0 Å². The summed E-state index contributed by atoms with van der Waals surface area (Å²) in [7, 11) is 0. The van der Waals surface area contributed by atoms with E-state index in [0.29, 0.717) is 0 Å². The summed E-state index contributed by atoms with van der Waals surface area (Å²) >= 11 is 0. The summed E-state index contributed by atoms with van der Waals surface area (Å²) in [6.45, 7) is 41.7. The van der Waals surface area contributed by atoms with Crippen molar-refractivity contribution in [2.45, 2.75) is 170 Å². The lowest BCUT2D eigenvalue weighted by molar-refractivity contribution is 0.561. The molecule has 0 saturated heterocycles. The Morgan fingerprint density at radius 3 is 1.12 bits per heavy atom. The molecule has 0 aliphatic carbocycles. The molecule has 0 amide bonds. The van der Waals surface area contributed by atoms with Crippen LogP contribution in [0.15, 0.2) is 65.8 Å². The van der Waals surface area contributed by atoms with Gasteiger partial charge in [0.2, 0.25) is 0 Å². The molecule has 266 valence electrons. The molecular formula is C47H68N2. The summed E-state index contributed by atoms with van der Waals surface area (Å²) < 4.78 is 0. The van der Waals surface area contributed by atoms with Crippen molar-refractivity contribution in [3.63, 3.8) is 0 Å². The minimum Gasteiger partial charge on any atom is -0.257 e. The van der Waals surface area contributed by atoms with Gasteiger partial charge in [0.05, 0.1) is 17.4 Å². The first-order chi connectivity index (χ1) is 22.0. The van der Waals surface area contributed by atoms with Crippen molar-refractivity contribution in [2.75, 3.05) is 5.01 Å². The molecule has 2 heteroatoms. The smallest absolute Gasteiger partial charge is 0.0831 e. The lowest BCUT2D eigenvalue weighted by Crippen LogP contribution is -2.24. The van der Waals surface area contributed by atoms with Gasteiger partial charge in [-0.1, -0.05) is 173 Å². The van der Waals surface area contributed by atoms with E-state index in [0.717, 1.165) is 12.1 Å². The van der Waals surface area contributed by atoms with Crippen LogP contribution in [0.3, 0.4) is 0 Å². The average Bonchev–Trinajstić information content (AvgIpc) is 3.37. The van der Waals surface area contributed by atoms with Crippen LogP contribution in [0.4, 0.5) is 5.69 Å². The summed E-state index contributed by atoms with van der Waals surface area (Å²) in [5.74, 6) is 0. The van der Waals surface area contributed by atoms with Crippen molar-refractivity contribution in [2.24, 2.45) is 5.10 Å². The van der Waals surface area contributed by atoms with Gasteiger partial charge in [0.15, 0.2) is 0 Å². The van der Waals surface area contributed by atoms with E-state index in [1.807, 2.05) is 0 Å². The Labute approximate surface area is 301 Å². The van der Waals surface area contributed by atoms with E-state index in [-0.39, 0.29) is 38.5 Å². The molecule has 1 atom stereocenters. The number of allylic oxidation sites excluding steroid dienone is 1. The molecule has 3 aromatic carbocycles. The van der Waals surface area contributed by atoms with Gasteiger partial charge in [-0.2, -0.15) is 5.10 Å². The van der Waals surface area contributed by atoms with Gasteiger partial charge in [-0.25, -0.2) is 0 Å². The van der Waals surface area contributed by atoms with Crippen molar-refractivity contribution >= 4 is 17.5 Å². The minimum atomic E-state index is 0.0199. The normalized spacial score (nSPS) is 16.9. The summed E-state index contributed by atoms with van der Waals surface area (Å²) in [5.41, 5.74) is 13.3. The van der Waals surface area contributed by atoms with Crippen LogP contribution in [0.1, 0.15) is 182 Å². The summed E-state index contributed by atoms with van der Waals surface area (Å²) in [6, 6.07) is 21.7. The van der Waals surface area contributed by atoms with Crippen molar-refractivity contribution in [1.29, 1.82) is 0 Å². The highest BCUT2D eigenvalue weighted by Gasteiger charge is 2.33. The highest BCUT2D eigenvalue weighted by atomic mass is 15.5. The van der Waals surface area contributed by atoms with Crippen LogP contribution in [-0.2, 0) is 32.5 Å². The van der Waals surface area contributed by atoms with E-state index < -0.39 is 0 Å². The van der Waals surface area contributed by atoms with E-state index in [9.17, 15) is 0 Å². The molecule has 2 nitrogen and oxygen atoms in total. The van der Waals surface area contributed by atoms with Crippen LogP contribution in [0.5, 0.6) is 0 Å². The SMILES string of the molecule is CC(C)(C)c1cc(C=CC2=NN(c3cc(C(C)(C)C)cc(C(C)(C)C)c3)C(c3cc(C(C)(C)C)cc(C(C)(C)C)c3)C2)cc(C(C)(C)C)c1. The Kier molecular flexibility index (Phi) is 10.2. The first-order valence-corrected chi connectivity index (χ1v) is 18.6. The monoisotopic (exact) mass is 661 g/mol. The number of rotatable bonds is 4. The largest absolute Gasteiger partial charge is 0.257 e. The molecule has 0 aromatic heterocycles. The van der Waals surface area contributed by atoms with Gasteiger partial charge in [0.25, 0.3) is 0 Å². The maximum absolute atomic E-state index is 5.47. The molecule has 0 N–H and O–H groups in total. The minimum absolute atomic E-state index is 0.0199. The Hall–Kier alpha value is -3.13. The molecule has 0 spiro atoms. The summed E-state index contributed by atoms with van der Waals surface area (Å²) in [4.78, 5) is 0. The second kappa shape index (κ2) is 12.9. The predicted molar refractivity (Wildman–Crippen MR) is 218 cm³/mol. The predicted octanol–water partition coefficient (Wildman–Crippen LogP) is 13.5. The van der Waals surface area contributed by atoms with E-state index in [1.54, 1.807) is 0 Å². The van der Waals surface area contributed by atoms with Gasteiger partial charge >= 0.3 is 0 Å². The zero-order valence-corrected chi connectivity index (χ0v) is 34.5. The van der Waals surface area contributed by atoms with Crippen LogP contribution in [0.2, 0.25) is 0 Å². The molecule has 3 aromatic rings. The van der Waals surface area contributed by atoms with Crippen LogP contribution in [-0.4, -0.2) is 5.71 Å². The quantitative estimate of drug-likeness (QED) is 0.272. The van der Waals surface area contributed by atoms with Gasteiger partial charge in [-0.3, -0.25) is 5.01 Å². The van der Waals surface area contributed by atoms with E-state index in [1.165, 1.54) is 50.2 Å². The van der Waals surface area contributed by atoms with Crippen LogP contribution in [0.25, 0.3) is 6.08 Å². The number of benzene rings is 3. The van der Waals surface area contributed by atoms with Crippen LogP contribution in [0, 0.1) is 0 Å². The zero-order chi connectivity index (χ0) is 37.1. The Morgan fingerprint density at radius 1 is 0.449 bits per heavy atom. The number of anilines is 1. The molecule has 1 unspecified atom stereocenters. The van der Waals surface area contributed by atoms with Crippen molar-refractivity contribution < 1.29 is 0 Å². The highest BCUT2D eigenvalue weighted by molar-refractivity contribution is 6.01. The fraction of sp³-hybridized carbons (Fsp3) is 0.553. The van der Waals surface area contributed by atoms with Crippen molar-refractivity contribution in [3.8, 4) is 0 Å². The third-order valence-electron chi connectivity index (χ3n) is 10.1. The molecule has 1 aliphatic heterocycles. The topological polar surface area (TPSA) is 15.6 Å². The molecule has 4 rings (SSSR count). The molecular weight excluding hydrogens is 593 g/mol. The Balaban J connectivity index is 1.94. The first-order valence-electron chi connectivity index (χ1n) is 18.6. The number of hydrogen-bond acceptors (Lipinski definition) is 2. The summed E-state index contributed by atoms with van der Waals surface area (Å²) in [6.07, 6.45) is 5.42. The summed E-state index contributed by atoms with van der Waals surface area (Å²) in [5, 5.41) is 7.80. The van der Waals surface area contributed by atoms with Crippen molar-refractivity contribution in [1.82, 2.24) is 0 Å². The maximum Gasteiger partial charge on any atom is 0.0831 e. The average molecular weight is 661 g/mol. The third-order valence-corrected chi connectivity index (χ3v) is 10.1. The fourth-order valence-electron chi connectivity index (χ4n) is 6.26. The van der Waals surface area contributed by atoms with Gasteiger partial charge in [0, 0.05) is 6.42 Å². The second-order valence-corrected chi connectivity index (χ2v) is 20.9. The molecule has 1 heterocycles. The van der Waals surface area contributed by atoms with Gasteiger partial charge in [-0.15, -0.1) is 0 Å². The molecule has 49 heavy (non-hydrogen) atoms. The third kappa shape index (κ3) is 9.36. The van der Waals surface area contributed by atoms with Gasteiger partial charge in [-0.05, 0) is 95.2 Å². The molecule has 0 fully saturated rings. The zero-order valence-electron chi connectivity index (χ0n) is 34.5. The second-order valence-electron chi connectivity index (χ2n) is 20.9. The highest BCUT2D eigenvalue weighted by Crippen LogP contribution is 2.42. The fourth-order valence-corrected chi connectivity index (χ4v) is 6.26. The van der Waals surface area contributed by atoms with Crippen LogP contribution < -0.4 is 5.01 Å². The Morgan fingerprint density at radius 2 is 0.776 bits per heavy atom. The van der Waals surface area contributed by atoms with Crippen molar-refractivity contribution in [3.05, 3.63) is 105 Å². The molecule has 0 radical (unpaired) electrons. The number of hydrogen-bond donors (Lipinski definition) is 0. The number of hydrazone groups is 1. The van der Waals surface area contributed by atoms with E-state index in [4.69, 9.17) is 5.10 Å². The molecule has 0 saturated carbocycles. The van der Waals surface area contributed by atoms with Gasteiger partial charge < -0.3 is 0 Å². The standard InChI is InChI=1S/C47H68N2/c1-42(2,3)33-21-31(22-34(25-33)43(4,5)6)19-20-39-30-41(32-23-35(44(7,8)9)26-36(24-32)45(10,11)12)49(48-39)40-28-37(46(13,14)15)27-38(29-40)47(16,17)18/h19-29,41H,30H2,1-18H3. The lowest BCUT2D eigenvalue weighted by Gasteiger charge is -2.32. The molecule has 1 aliphatic rings. The van der Waals surface area contributed by atoms with Crippen LogP contribution >= 0.6 is 0 Å². The first kappa shape index (κ1) is 38.7.